The molecule has 2 fully saturated rings. The van der Waals surface area contributed by atoms with E-state index < -0.39 is 12.0 Å². The number of nitrogens with zero attached hydrogens (tertiary/aromatic N) is 1. The molecule has 2 N–H and O–H groups in total. The van der Waals surface area contributed by atoms with Crippen LogP contribution in [0.15, 0.2) is 48.5 Å². The summed E-state index contributed by atoms with van der Waals surface area (Å²) in [5, 5.41) is 14.4. The van der Waals surface area contributed by atoms with Crippen LogP contribution in [0, 0.1) is 24.2 Å². The maximum absolute atomic E-state index is 14.2. The number of aliphatic carboxylic acids is 1. The minimum Gasteiger partial charge on any atom is -0.494 e. The Morgan fingerprint density at radius 2 is 1.74 bits per heavy atom. The van der Waals surface area contributed by atoms with Crippen LogP contribution in [0.25, 0.3) is 0 Å². The lowest BCUT2D eigenvalue weighted by Crippen LogP contribution is -2.49. The molecule has 4 rings (SSSR count). The highest BCUT2D eigenvalue weighted by Crippen LogP contribution is 2.49. The summed E-state index contributed by atoms with van der Waals surface area (Å²) in [6.07, 6.45) is 4.88. The van der Waals surface area contributed by atoms with Crippen LogP contribution in [0.5, 0.6) is 5.75 Å². The molecule has 1 saturated carbocycles. The number of likely N-dealkylation sites (tertiary alicyclic amines) is 1. The van der Waals surface area contributed by atoms with Gasteiger partial charge in [-0.3, -0.25) is 4.79 Å². The van der Waals surface area contributed by atoms with Gasteiger partial charge in [0, 0.05) is 24.4 Å². The second-order valence-electron chi connectivity index (χ2n) is 12.0. The number of carbonyl (C=O) groups excluding carboxylic acids is 1. The van der Waals surface area contributed by atoms with Crippen molar-refractivity contribution in [2.24, 2.45) is 17.3 Å². The smallest absolute Gasteiger partial charge is 0.326 e. The highest BCUT2D eigenvalue weighted by molar-refractivity contribution is 5.87. The van der Waals surface area contributed by atoms with Crippen molar-refractivity contribution in [1.29, 1.82) is 0 Å². The highest BCUT2D eigenvalue weighted by atomic mass is 16.5. The second-order valence-corrected chi connectivity index (χ2v) is 12.0. The molecule has 1 saturated heterocycles. The number of carboxylic acid groups (broad SMARTS) is 1. The van der Waals surface area contributed by atoms with E-state index in [2.05, 4.69) is 39.1 Å². The van der Waals surface area contributed by atoms with Crippen molar-refractivity contribution < 1.29 is 19.4 Å². The van der Waals surface area contributed by atoms with E-state index in [4.69, 9.17) is 4.74 Å². The molecule has 6 heteroatoms. The average molecular weight is 521 g/mol. The van der Waals surface area contributed by atoms with Crippen molar-refractivity contribution in [2.75, 3.05) is 6.61 Å². The van der Waals surface area contributed by atoms with Gasteiger partial charge < -0.3 is 20.1 Å². The standard InChI is InChI=1S/C32H44N2O4/c1-6-38-25-18-17-24(21(2)19-25)20-33-27-26(32(3,4)5)29(31(36)37)34(28(27)22-13-9-7-10-14-22)30(35)23-15-11-8-12-16-23/h7,9-10,13-14,17-19,23,26-29,33H,6,8,11-12,15-16,20H2,1-5H3,(H,36,37)/t26-,27-,28-,29-/m0/s1. The SMILES string of the molecule is CCOc1ccc(CN[C@H]2[C@H](C(C)(C)C)[C@@H](C(=O)O)N(C(=O)C3CCCCC3)[C@H]2c2ccccc2)c(C)c1. The summed E-state index contributed by atoms with van der Waals surface area (Å²) in [5.41, 5.74) is 2.89. The van der Waals surface area contributed by atoms with Gasteiger partial charge in [0.1, 0.15) is 11.8 Å². The Labute approximate surface area is 227 Å². The van der Waals surface area contributed by atoms with E-state index in [1.54, 1.807) is 4.90 Å². The molecule has 2 aromatic carbocycles. The number of carbonyl (C=O) groups is 2. The van der Waals surface area contributed by atoms with Gasteiger partial charge in [0.15, 0.2) is 0 Å². The van der Waals surface area contributed by atoms with Crippen LogP contribution in [-0.4, -0.2) is 40.6 Å². The number of hydrogen-bond acceptors (Lipinski definition) is 4. The summed E-state index contributed by atoms with van der Waals surface area (Å²) in [6.45, 7) is 11.5. The van der Waals surface area contributed by atoms with Gasteiger partial charge in [-0.15, -0.1) is 0 Å². The van der Waals surface area contributed by atoms with Crippen LogP contribution in [0.3, 0.4) is 0 Å². The zero-order valence-electron chi connectivity index (χ0n) is 23.6. The van der Waals surface area contributed by atoms with E-state index in [-0.39, 0.29) is 35.2 Å². The Morgan fingerprint density at radius 1 is 1.05 bits per heavy atom. The molecule has 2 aliphatic rings. The molecule has 0 spiro atoms. The number of rotatable bonds is 8. The molecule has 1 aliphatic heterocycles. The summed E-state index contributed by atoms with van der Waals surface area (Å²) in [7, 11) is 0. The zero-order chi connectivity index (χ0) is 27.4. The number of ether oxygens (including phenoxy) is 1. The first-order valence-corrected chi connectivity index (χ1v) is 14.2. The summed E-state index contributed by atoms with van der Waals surface area (Å²) < 4.78 is 5.66. The van der Waals surface area contributed by atoms with Gasteiger partial charge in [-0.25, -0.2) is 4.79 Å². The lowest BCUT2D eigenvalue weighted by molar-refractivity contribution is -0.154. The molecule has 1 aliphatic carbocycles. The van der Waals surface area contributed by atoms with Crippen molar-refractivity contribution >= 4 is 11.9 Å². The molecule has 0 bridgehead atoms. The number of amides is 1. The summed E-state index contributed by atoms with van der Waals surface area (Å²) in [5.74, 6) is -0.455. The third-order valence-corrected chi connectivity index (χ3v) is 8.42. The molecule has 1 amide bonds. The quantitative estimate of drug-likeness (QED) is 0.438. The van der Waals surface area contributed by atoms with Crippen molar-refractivity contribution in [2.45, 2.75) is 91.4 Å². The number of nitrogens with one attached hydrogen (secondary N) is 1. The summed E-state index contributed by atoms with van der Waals surface area (Å²) in [4.78, 5) is 28.9. The Balaban J connectivity index is 1.76. The predicted octanol–water partition coefficient (Wildman–Crippen LogP) is 6.13. The van der Waals surface area contributed by atoms with Crippen LogP contribution in [0.4, 0.5) is 0 Å². The molecule has 2 aromatic rings. The third kappa shape index (κ3) is 5.90. The topological polar surface area (TPSA) is 78.9 Å². The Kier molecular flexibility index (Phi) is 8.81. The molecule has 4 atom stereocenters. The second kappa shape index (κ2) is 11.9. The minimum atomic E-state index is -0.920. The van der Waals surface area contributed by atoms with Gasteiger partial charge in [0.25, 0.3) is 0 Å². The summed E-state index contributed by atoms with van der Waals surface area (Å²) >= 11 is 0. The average Bonchev–Trinajstić information content (AvgIpc) is 3.25. The molecule has 206 valence electrons. The van der Waals surface area contributed by atoms with E-state index >= 15 is 0 Å². The van der Waals surface area contributed by atoms with Gasteiger partial charge in [0.05, 0.1) is 12.6 Å². The Hall–Kier alpha value is -2.86. The maximum Gasteiger partial charge on any atom is 0.326 e. The first kappa shape index (κ1) is 28.2. The van der Waals surface area contributed by atoms with Crippen LogP contribution in [0.1, 0.15) is 82.5 Å². The van der Waals surface area contributed by atoms with Crippen molar-refractivity contribution in [3.05, 3.63) is 65.2 Å². The monoisotopic (exact) mass is 520 g/mol. The van der Waals surface area contributed by atoms with E-state index in [1.807, 2.05) is 49.4 Å². The first-order chi connectivity index (χ1) is 18.1. The van der Waals surface area contributed by atoms with E-state index in [1.165, 1.54) is 0 Å². The molecular formula is C32H44N2O4. The Bertz CT molecular complexity index is 1100. The van der Waals surface area contributed by atoms with E-state index in [9.17, 15) is 14.7 Å². The molecule has 0 radical (unpaired) electrons. The van der Waals surface area contributed by atoms with E-state index in [0.29, 0.717) is 13.2 Å². The molecule has 0 unspecified atom stereocenters. The highest BCUT2D eigenvalue weighted by Gasteiger charge is 2.58. The van der Waals surface area contributed by atoms with Gasteiger partial charge in [-0.2, -0.15) is 0 Å². The number of hydrogen-bond donors (Lipinski definition) is 2. The lowest BCUT2D eigenvalue weighted by atomic mass is 9.72. The van der Waals surface area contributed by atoms with Crippen LogP contribution < -0.4 is 10.1 Å². The predicted molar refractivity (Wildman–Crippen MR) is 150 cm³/mol. The van der Waals surface area contributed by atoms with Gasteiger partial charge in [-0.05, 0) is 60.9 Å². The normalized spacial score (nSPS) is 24.4. The fraction of sp³-hybridized carbons (Fsp3) is 0.562. The zero-order valence-corrected chi connectivity index (χ0v) is 23.6. The fourth-order valence-electron chi connectivity index (χ4n) is 6.64. The largest absolute Gasteiger partial charge is 0.494 e. The Morgan fingerprint density at radius 3 is 2.32 bits per heavy atom. The molecule has 0 aromatic heterocycles. The molecule has 38 heavy (non-hydrogen) atoms. The third-order valence-electron chi connectivity index (χ3n) is 8.42. The van der Waals surface area contributed by atoms with Gasteiger partial charge >= 0.3 is 5.97 Å². The number of carboxylic acids is 1. The fourth-order valence-corrected chi connectivity index (χ4v) is 6.64. The van der Waals surface area contributed by atoms with Gasteiger partial charge in [-0.1, -0.05) is 76.4 Å². The van der Waals surface area contributed by atoms with Crippen molar-refractivity contribution in [3.63, 3.8) is 0 Å². The van der Waals surface area contributed by atoms with Crippen LogP contribution >= 0.6 is 0 Å². The molecule has 6 nitrogen and oxygen atoms in total. The van der Waals surface area contributed by atoms with Crippen LogP contribution in [-0.2, 0) is 16.1 Å². The summed E-state index contributed by atoms with van der Waals surface area (Å²) in [6, 6.07) is 14.6. The lowest BCUT2D eigenvalue weighted by Gasteiger charge is -2.36. The van der Waals surface area contributed by atoms with E-state index in [0.717, 1.165) is 54.5 Å². The molecule has 1 heterocycles. The number of benzene rings is 2. The first-order valence-electron chi connectivity index (χ1n) is 14.2. The van der Waals surface area contributed by atoms with Crippen LogP contribution in [0.2, 0.25) is 0 Å². The number of aryl methyl sites for hydroxylation is 1. The van der Waals surface area contributed by atoms with Crippen molar-refractivity contribution in [1.82, 2.24) is 10.2 Å². The molecular weight excluding hydrogens is 476 g/mol. The van der Waals surface area contributed by atoms with Crippen molar-refractivity contribution in [3.8, 4) is 5.75 Å². The maximum atomic E-state index is 14.2. The van der Waals surface area contributed by atoms with Gasteiger partial charge in [0.2, 0.25) is 5.91 Å². The minimum absolute atomic E-state index is 0.00162.